The van der Waals surface area contributed by atoms with Crippen LogP contribution < -0.4 is 4.74 Å². The van der Waals surface area contributed by atoms with Crippen molar-refractivity contribution < 1.29 is 23.9 Å². The average Bonchev–Trinajstić information content (AvgIpc) is 3.03. The van der Waals surface area contributed by atoms with E-state index < -0.39 is 6.23 Å². The van der Waals surface area contributed by atoms with Crippen LogP contribution in [0.3, 0.4) is 0 Å². The van der Waals surface area contributed by atoms with E-state index in [4.69, 9.17) is 9.47 Å². The van der Waals surface area contributed by atoms with Gasteiger partial charge in [-0.1, -0.05) is 30.3 Å². The van der Waals surface area contributed by atoms with Crippen molar-refractivity contribution in [2.75, 3.05) is 26.1 Å². The normalized spacial score (nSPS) is 18.7. The van der Waals surface area contributed by atoms with Crippen LogP contribution in [0.2, 0.25) is 0 Å². The van der Waals surface area contributed by atoms with Crippen molar-refractivity contribution in [2.24, 2.45) is 0 Å². The Balaban J connectivity index is 1.37. The summed E-state index contributed by atoms with van der Waals surface area (Å²) in [6.07, 6.45) is -0.942. The number of rotatable bonds is 7. The minimum Gasteiger partial charge on any atom is -0.497 e. The summed E-state index contributed by atoms with van der Waals surface area (Å²) in [5.41, 5.74) is 1.52. The van der Waals surface area contributed by atoms with Gasteiger partial charge in [0.15, 0.2) is 0 Å². The lowest BCUT2D eigenvalue weighted by Gasteiger charge is -2.29. The standard InChI is InChI=1S/C21H20N2O5S2/c1-27-15-7-8-17-16(11-15)18(24)22(13-29-17)9-10-28-19-20(25)30-21(26)23(19)12-14-5-3-2-4-6-14/h2-8,11,19H,9-10,12-13H2,1H3. The number of amides is 2. The molecule has 0 bridgehead atoms. The van der Waals surface area contributed by atoms with Gasteiger partial charge in [0.1, 0.15) is 5.75 Å². The van der Waals surface area contributed by atoms with Crippen molar-refractivity contribution >= 4 is 39.8 Å². The highest BCUT2D eigenvalue weighted by Crippen LogP contribution is 2.33. The van der Waals surface area contributed by atoms with Crippen LogP contribution in [0.4, 0.5) is 4.79 Å². The van der Waals surface area contributed by atoms with Crippen LogP contribution in [0.1, 0.15) is 15.9 Å². The van der Waals surface area contributed by atoms with Crippen molar-refractivity contribution in [2.45, 2.75) is 17.7 Å². The molecule has 7 nitrogen and oxygen atoms in total. The molecule has 1 fully saturated rings. The first-order chi connectivity index (χ1) is 14.6. The summed E-state index contributed by atoms with van der Waals surface area (Å²) < 4.78 is 11.0. The molecule has 30 heavy (non-hydrogen) atoms. The van der Waals surface area contributed by atoms with Crippen molar-refractivity contribution in [1.82, 2.24) is 9.80 Å². The Bertz CT molecular complexity index is 969. The van der Waals surface area contributed by atoms with Gasteiger partial charge in [0.25, 0.3) is 11.1 Å². The molecule has 0 saturated carbocycles. The maximum Gasteiger partial charge on any atom is 0.292 e. The van der Waals surface area contributed by atoms with Gasteiger partial charge < -0.3 is 14.4 Å². The van der Waals surface area contributed by atoms with Crippen LogP contribution in [0, 0.1) is 0 Å². The monoisotopic (exact) mass is 444 g/mol. The zero-order valence-corrected chi connectivity index (χ0v) is 17.9. The lowest BCUT2D eigenvalue weighted by molar-refractivity contribution is -0.129. The molecule has 2 aromatic carbocycles. The van der Waals surface area contributed by atoms with Gasteiger partial charge in [0, 0.05) is 29.7 Å². The Morgan fingerprint density at radius 3 is 2.67 bits per heavy atom. The number of thioether (sulfide) groups is 2. The summed E-state index contributed by atoms with van der Waals surface area (Å²) in [5.74, 6) is 1.03. The van der Waals surface area contributed by atoms with E-state index in [9.17, 15) is 14.4 Å². The molecule has 0 spiro atoms. The van der Waals surface area contributed by atoms with Crippen molar-refractivity contribution in [1.29, 1.82) is 0 Å². The summed E-state index contributed by atoms with van der Waals surface area (Å²) in [7, 11) is 1.56. The summed E-state index contributed by atoms with van der Waals surface area (Å²) in [6.45, 7) is 0.778. The molecule has 2 aliphatic heterocycles. The van der Waals surface area contributed by atoms with Gasteiger partial charge in [0.2, 0.25) is 11.3 Å². The van der Waals surface area contributed by atoms with E-state index in [-0.39, 0.29) is 22.9 Å². The van der Waals surface area contributed by atoms with E-state index in [0.717, 1.165) is 10.5 Å². The lowest BCUT2D eigenvalue weighted by atomic mass is 10.2. The molecule has 2 aromatic rings. The molecule has 4 rings (SSSR count). The van der Waals surface area contributed by atoms with Gasteiger partial charge in [-0.3, -0.25) is 19.3 Å². The molecule has 0 aliphatic carbocycles. The molecule has 9 heteroatoms. The van der Waals surface area contributed by atoms with Gasteiger partial charge in [-0.15, -0.1) is 11.8 Å². The van der Waals surface area contributed by atoms with Crippen LogP contribution in [0.15, 0.2) is 53.4 Å². The third-order valence-electron chi connectivity index (χ3n) is 4.82. The van der Waals surface area contributed by atoms with Crippen molar-refractivity contribution in [3.63, 3.8) is 0 Å². The Labute approximate surface area is 182 Å². The lowest BCUT2D eigenvalue weighted by Crippen LogP contribution is -2.41. The fraction of sp³-hybridized carbons (Fsp3) is 0.286. The predicted molar refractivity (Wildman–Crippen MR) is 114 cm³/mol. The van der Waals surface area contributed by atoms with E-state index in [1.54, 1.807) is 29.8 Å². The predicted octanol–water partition coefficient (Wildman–Crippen LogP) is 3.44. The Kier molecular flexibility index (Phi) is 6.31. The van der Waals surface area contributed by atoms with Crippen LogP contribution in [0.5, 0.6) is 5.75 Å². The Morgan fingerprint density at radius 1 is 1.10 bits per heavy atom. The van der Waals surface area contributed by atoms with Gasteiger partial charge in [-0.25, -0.2) is 0 Å². The van der Waals surface area contributed by atoms with E-state index in [2.05, 4.69) is 0 Å². The Hall–Kier alpha value is -2.49. The number of ether oxygens (including phenoxy) is 2. The minimum absolute atomic E-state index is 0.101. The number of hydrogen-bond acceptors (Lipinski definition) is 7. The summed E-state index contributed by atoms with van der Waals surface area (Å²) in [6, 6.07) is 14.9. The molecule has 2 aliphatic rings. The molecule has 1 atom stereocenters. The van der Waals surface area contributed by atoms with E-state index in [1.165, 1.54) is 4.90 Å². The quantitative estimate of drug-likeness (QED) is 0.647. The van der Waals surface area contributed by atoms with Gasteiger partial charge in [0.05, 0.1) is 25.2 Å². The third kappa shape index (κ3) is 4.33. The van der Waals surface area contributed by atoms with Crippen molar-refractivity contribution in [3.05, 3.63) is 59.7 Å². The average molecular weight is 445 g/mol. The molecule has 1 saturated heterocycles. The zero-order valence-electron chi connectivity index (χ0n) is 16.3. The smallest absolute Gasteiger partial charge is 0.292 e. The largest absolute Gasteiger partial charge is 0.497 e. The highest BCUT2D eigenvalue weighted by Gasteiger charge is 2.40. The number of nitrogens with zero attached hydrogens (tertiary/aromatic N) is 2. The fourth-order valence-corrected chi connectivity index (χ4v) is 5.00. The second kappa shape index (κ2) is 9.11. The second-order valence-electron chi connectivity index (χ2n) is 6.73. The molecule has 1 unspecified atom stereocenters. The highest BCUT2D eigenvalue weighted by atomic mass is 32.2. The molecular formula is C21H20N2O5S2. The molecule has 156 valence electrons. The van der Waals surface area contributed by atoms with Crippen LogP contribution in [-0.4, -0.2) is 58.4 Å². The van der Waals surface area contributed by atoms with Gasteiger partial charge in [-0.2, -0.15) is 0 Å². The number of methoxy groups -OCH3 is 1. The van der Waals surface area contributed by atoms with E-state index in [0.29, 0.717) is 42.0 Å². The third-order valence-corrected chi connectivity index (χ3v) is 6.74. The maximum atomic E-state index is 12.8. The maximum absolute atomic E-state index is 12.8. The first-order valence-corrected chi connectivity index (χ1v) is 11.1. The second-order valence-corrected chi connectivity index (χ2v) is 8.67. The van der Waals surface area contributed by atoms with Gasteiger partial charge in [-0.05, 0) is 23.8 Å². The summed E-state index contributed by atoms with van der Waals surface area (Å²) in [4.78, 5) is 41.3. The topological polar surface area (TPSA) is 76.1 Å². The van der Waals surface area contributed by atoms with Crippen molar-refractivity contribution in [3.8, 4) is 5.75 Å². The first kappa shape index (κ1) is 20.8. The molecule has 2 heterocycles. The van der Waals surface area contributed by atoms with E-state index in [1.807, 2.05) is 42.5 Å². The van der Waals surface area contributed by atoms with Crippen LogP contribution in [-0.2, 0) is 16.1 Å². The Morgan fingerprint density at radius 2 is 1.90 bits per heavy atom. The number of carbonyl (C=O) groups excluding carboxylic acids is 3. The summed E-state index contributed by atoms with van der Waals surface area (Å²) in [5, 5.41) is -0.648. The van der Waals surface area contributed by atoms with Crippen LogP contribution in [0.25, 0.3) is 0 Å². The van der Waals surface area contributed by atoms with E-state index >= 15 is 0 Å². The molecule has 0 radical (unpaired) electrons. The van der Waals surface area contributed by atoms with Crippen LogP contribution >= 0.6 is 23.5 Å². The zero-order chi connectivity index (χ0) is 21.1. The number of carbonyl (C=O) groups is 3. The molecule has 2 amide bonds. The highest BCUT2D eigenvalue weighted by molar-refractivity contribution is 8.26. The number of fused-ring (bicyclic) bond motifs is 1. The first-order valence-electron chi connectivity index (χ1n) is 9.35. The SMILES string of the molecule is COc1ccc2c(c1)C(=O)N(CCOC1C(=O)SC(=O)N1Cc1ccccc1)CS2. The number of hydrogen-bond donors (Lipinski definition) is 0. The fourth-order valence-electron chi connectivity index (χ4n) is 3.25. The molecule has 0 N–H and O–H groups in total. The minimum atomic E-state index is -0.942. The summed E-state index contributed by atoms with van der Waals surface area (Å²) >= 11 is 2.23. The molecular weight excluding hydrogens is 424 g/mol. The van der Waals surface area contributed by atoms with Gasteiger partial charge >= 0.3 is 0 Å². The molecule has 0 aromatic heterocycles. The number of benzene rings is 2.